The highest BCUT2D eigenvalue weighted by atomic mass is 16.1. The van der Waals surface area contributed by atoms with E-state index in [1.807, 2.05) is 14.1 Å². The van der Waals surface area contributed by atoms with Gasteiger partial charge in [-0.3, -0.25) is 14.7 Å². The molecule has 6 nitrogen and oxygen atoms in total. The molecule has 94 valence electrons. The number of aromatic amines is 1. The average Bonchev–Trinajstić information content (AvgIpc) is 2.33. The van der Waals surface area contributed by atoms with Crippen molar-refractivity contribution in [3.63, 3.8) is 0 Å². The lowest BCUT2D eigenvalue weighted by atomic mass is 10.2. The molecule has 0 aliphatic carbocycles. The van der Waals surface area contributed by atoms with Crippen molar-refractivity contribution in [3.8, 4) is 0 Å². The Hall–Kier alpha value is -1.40. The summed E-state index contributed by atoms with van der Waals surface area (Å²) in [6.45, 7) is 4.61. The van der Waals surface area contributed by atoms with Gasteiger partial charge in [0.1, 0.15) is 0 Å². The number of H-pyrrole nitrogens is 1. The van der Waals surface area contributed by atoms with Crippen LogP contribution in [-0.2, 0) is 6.54 Å². The molecular formula is C11H19N5O. The molecule has 1 saturated heterocycles. The van der Waals surface area contributed by atoms with Gasteiger partial charge in [-0.2, -0.15) is 0 Å². The molecule has 0 amide bonds. The molecule has 0 saturated carbocycles. The number of nitrogens with one attached hydrogen (secondary N) is 2. The van der Waals surface area contributed by atoms with Gasteiger partial charge in [0, 0.05) is 58.6 Å². The molecule has 0 bridgehead atoms. The van der Waals surface area contributed by atoms with Crippen molar-refractivity contribution in [1.82, 2.24) is 20.2 Å². The quantitative estimate of drug-likeness (QED) is 0.723. The number of hydrogen-bond donors (Lipinski definition) is 2. The fourth-order valence-corrected chi connectivity index (χ4v) is 1.86. The lowest BCUT2D eigenvalue weighted by Crippen LogP contribution is -2.43. The van der Waals surface area contributed by atoms with Gasteiger partial charge in [0.05, 0.1) is 0 Å². The molecule has 1 aliphatic rings. The van der Waals surface area contributed by atoms with E-state index < -0.39 is 0 Å². The fraction of sp³-hybridized carbons (Fsp3) is 0.636. The first-order valence-electron chi connectivity index (χ1n) is 5.85. The Morgan fingerprint density at radius 2 is 2.12 bits per heavy atom. The van der Waals surface area contributed by atoms with Crippen LogP contribution in [0.5, 0.6) is 0 Å². The second-order valence-corrected chi connectivity index (χ2v) is 4.48. The van der Waals surface area contributed by atoms with Crippen molar-refractivity contribution in [2.45, 2.75) is 6.54 Å². The van der Waals surface area contributed by atoms with E-state index in [1.54, 1.807) is 11.1 Å². The molecule has 6 heteroatoms. The summed E-state index contributed by atoms with van der Waals surface area (Å²) < 4.78 is 0. The second kappa shape index (κ2) is 5.29. The van der Waals surface area contributed by atoms with E-state index in [1.165, 1.54) is 0 Å². The zero-order chi connectivity index (χ0) is 12.3. The number of rotatable bonds is 3. The lowest BCUT2D eigenvalue weighted by molar-refractivity contribution is 0.232. The summed E-state index contributed by atoms with van der Waals surface area (Å²) in [6.07, 6.45) is 1.68. The van der Waals surface area contributed by atoms with Crippen molar-refractivity contribution >= 4 is 5.95 Å². The Morgan fingerprint density at radius 3 is 2.71 bits per heavy atom. The van der Waals surface area contributed by atoms with E-state index in [0.29, 0.717) is 12.5 Å². The smallest absolute Gasteiger partial charge is 0.256 e. The molecule has 17 heavy (non-hydrogen) atoms. The Morgan fingerprint density at radius 1 is 1.41 bits per heavy atom. The maximum atomic E-state index is 11.9. The third-order valence-electron chi connectivity index (χ3n) is 2.89. The predicted octanol–water partition coefficient (Wildman–Crippen LogP) is -0.759. The first kappa shape index (κ1) is 12.1. The molecule has 2 heterocycles. The third kappa shape index (κ3) is 3.04. The first-order valence-corrected chi connectivity index (χ1v) is 5.85. The Bertz CT molecular complexity index is 422. The molecule has 0 radical (unpaired) electrons. The van der Waals surface area contributed by atoms with Gasteiger partial charge in [-0.25, -0.2) is 4.98 Å². The minimum Gasteiger partial charge on any atom is -0.348 e. The van der Waals surface area contributed by atoms with Crippen molar-refractivity contribution in [2.24, 2.45) is 0 Å². The van der Waals surface area contributed by atoms with Crippen molar-refractivity contribution in [3.05, 3.63) is 22.1 Å². The molecule has 0 aromatic carbocycles. The number of piperazine rings is 1. The Balaban J connectivity index is 2.08. The van der Waals surface area contributed by atoms with Crippen LogP contribution in [0.25, 0.3) is 0 Å². The van der Waals surface area contributed by atoms with Gasteiger partial charge in [0.25, 0.3) is 5.56 Å². The highest BCUT2D eigenvalue weighted by Crippen LogP contribution is 2.02. The van der Waals surface area contributed by atoms with Crippen LogP contribution in [0.2, 0.25) is 0 Å². The van der Waals surface area contributed by atoms with Crippen LogP contribution in [0.3, 0.4) is 0 Å². The first-order chi connectivity index (χ1) is 8.16. The van der Waals surface area contributed by atoms with E-state index >= 15 is 0 Å². The molecular weight excluding hydrogens is 218 g/mol. The summed E-state index contributed by atoms with van der Waals surface area (Å²) in [5, 5.41) is 3.29. The number of hydrogen-bond acceptors (Lipinski definition) is 5. The summed E-state index contributed by atoms with van der Waals surface area (Å²) in [5.74, 6) is 0.596. The standard InChI is InChI=1S/C11H19N5O/c1-15(2)11-13-7-9(10(17)14-11)8-16-5-3-12-4-6-16/h7,12H,3-6,8H2,1-2H3,(H,13,14,17). The number of nitrogens with zero attached hydrogens (tertiary/aromatic N) is 3. The van der Waals surface area contributed by atoms with Crippen LogP contribution in [0.4, 0.5) is 5.95 Å². The molecule has 1 fully saturated rings. The third-order valence-corrected chi connectivity index (χ3v) is 2.89. The maximum Gasteiger partial charge on any atom is 0.256 e. The van der Waals surface area contributed by atoms with E-state index in [2.05, 4.69) is 20.2 Å². The summed E-state index contributed by atoms with van der Waals surface area (Å²) in [4.78, 5) is 22.9. The molecule has 1 aromatic heterocycles. The highest BCUT2D eigenvalue weighted by molar-refractivity contribution is 5.26. The number of aromatic nitrogens is 2. The van der Waals surface area contributed by atoms with E-state index in [9.17, 15) is 4.79 Å². The molecule has 2 N–H and O–H groups in total. The van der Waals surface area contributed by atoms with Gasteiger partial charge in [-0.15, -0.1) is 0 Å². The zero-order valence-electron chi connectivity index (χ0n) is 10.4. The van der Waals surface area contributed by atoms with Gasteiger partial charge in [-0.1, -0.05) is 0 Å². The largest absolute Gasteiger partial charge is 0.348 e. The van der Waals surface area contributed by atoms with E-state index in [-0.39, 0.29) is 5.56 Å². The number of anilines is 1. The van der Waals surface area contributed by atoms with E-state index in [4.69, 9.17) is 0 Å². The van der Waals surface area contributed by atoms with Crippen LogP contribution < -0.4 is 15.8 Å². The Labute approximate surface area is 101 Å². The summed E-state index contributed by atoms with van der Waals surface area (Å²) in [5.41, 5.74) is 0.694. The minimum absolute atomic E-state index is 0.0396. The summed E-state index contributed by atoms with van der Waals surface area (Å²) in [7, 11) is 3.71. The van der Waals surface area contributed by atoms with Crippen LogP contribution in [-0.4, -0.2) is 55.1 Å². The summed E-state index contributed by atoms with van der Waals surface area (Å²) in [6, 6.07) is 0. The normalized spacial score (nSPS) is 17.1. The van der Waals surface area contributed by atoms with Gasteiger partial charge in [0.15, 0.2) is 0 Å². The van der Waals surface area contributed by atoms with Crippen molar-refractivity contribution in [1.29, 1.82) is 0 Å². The fourth-order valence-electron chi connectivity index (χ4n) is 1.86. The topological polar surface area (TPSA) is 64.3 Å². The second-order valence-electron chi connectivity index (χ2n) is 4.48. The monoisotopic (exact) mass is 237 g/mol. The SMILES string of the molecule is CN(C)c1ncc(CN2CCNCC2)c(=O)[nH]1. The Kier molecular flexibility index (Phi) is 3.75. The zero-order valence-corrected chi connectivity index (χ0v) is 10.4. The van der Waals surface area contributed by atoms with Gasteiger partial charge in [0.2, 0.25) is 5.95 Å². The van der Waals surface area contributed by atoms with Crippen LogP contribution in [0.15, 0.2) is 11.0 Å². The summed E-state index contributed by atoms with van der Waals surface area (Å²) >= 11 is 0. The highest BCUT2D eigenvalue weighted by Gasteiger charge is 2.12. The lowest BCUT2D eigenvalue weighted by Gasteiger charge is -2.26. The minimum atomic E-state index is -0.0396. The van der Waals surface area contributed by atoms with Crippen molar-refractivity contribution < 1.29 is 0 Å². The molecule has 0 atom stereocenters. The van der Waals surface area contributed by atoms with Gasteiger partial charge in [-0.05, 0) is 0 Å². The van der Waals surface area contributed by atoms with Gasteiger partial charge < -0.3 is 10.2 Å². The van der Waals surface area contributed by atoms with Crippen LogP contribution >= 0.6 is 0 Å². The molecule has 1 aliphatic heterocycles. The average molecular weight is 237 g/mol. The maximum absolute atomic E-state index is 11.9. The van der Waals surface area contributed by atoms with Crippen LogP contribution in [0.1, 0.15) is 5.56 Å². The van der Waals surface area contributed by atoms with E-state index in [0.717, 1.165) is 31.7 Å². The molecule has 2 rings (SSSR count). The van der Waals surface area contributed by atoms with Crippen LogP contribution in [0, 0.1) is 0 Å². The molecule has 1 aromatic rings. The van der Waals surface area contributed by atoms with Crippen molar-refractivity contribution in [2.75, 3.05) is 45.2 Å². The molecule has 0 unspecified atom stereocenters. The predicted molar refractivity (Wildman–Crippen MR) is 67.3 cm³/mol. The van der Waals surface area contributed by atoms with Gasteiger partial charge >= 0.3 is 0 Å². The molecule has 0 spiro atoms.